The van der Waals surface area contributed by atoms with Gasteiger partial charge in [0.15, 0.2) is 0 Å². The van der Waals surface area contributed by atoms with Gasteiger partial charge in [0.05, 0.1) is 28.4 Å². The molecule has 9 nitrogen and oxygen atoms in total. The van der Waals surface area contributed by atoms with Crippen molar-refractivity contribution in [3.05, 3.63) is 112 Å². The number of rotatable bonds is 10. The number of carbonyl (C=O) groups is 1. The summed E-state index contributed by atoms with van der Waals surface area (Å²) < 4.78 is 1.70. The number of carbonyl (C=O) groups excluding carboxylic acids is 1. The third-order valence-electron chi connectivity index (χ3n) is 5.65. The van der Waals surface area contributed by atoms with Gasteiger partial charge in [0.2, 0.25) is 5.91 Å². The molecular formula is C27H25N5O4. The number of para-hydroxylation sites is 1. The van der Waals surface area contributed by atoms with Crippen molar-refractivity contribution in [2.45, 2.75) is 19.3 Å². The minimum atomic E-state index is -0.453. The average molecular weight is 484 g/mol. The van der Waals surface area contributed by atoms with Crippen LogP contribution in [0.5, 0.6) is 0 Å². The molecule has 0 radical (unpaired) electrons. The Labute approximate surface area is 207 Å². The molecular weight excluding hydrogens is 458 g/mol. The first-order valence-corrected chi connectivity index (χ1v) is 11.5. The first-order chi connectivity index (χ1) is 17.5. The first kappa shape index (κ1) is 24.3. The maximum absolute atomic E-state index is 12.8. The van der Waals surface area contributed by atoms with Crippen LogP contribution in [0.25, 0.3) is 16.9 Å². The number of oxime groups is 1. The quantitative estimate of drug-likeness (QED) is 0.111. The molecule has 0 aliphatic rings. The number of nitro groups is 1. The van der Waals surface area contributed by atoms with Crippen LogP contribution < -0.4 is 5.32 Å². The number of hydrogen-bond donors (Lipinski definition) is 2. The van der Waals surface area contributed by atoms with E-state index in [-0.39, 0.29) is 18.0 Å². The van der Waals surface area contributed by atoms with Crippen LogP contribution in [-0.4, -0.2) is 38.1 Å². The Kier molecular flexibility index (Phi) is 7.82. The number of nitrogens with zero attached hydrogens (tertiary/aromatic N) is 4. The second-order valence-electron chi connectivity index (χ2n) is 8.13. The molecule has 0 atom stereocenters. The van der Waals surface area contributed by atoms with Crippen LogP contribution in [0.15, 0.2) is 96.3 Å². The Morgan fingerprint density at radius 1 is 1.00 bits per heavy atom. The van der Waals surface area contributed by atoms with Gasteiger partial charge in [0.1, 0.15) is 0 Å². The van der Waals surface area contributed by atoms with Gasteiger partial charge in [-0.25, -0.2) is 4.68 Å². The lowest BCUT2D eigenvalue weighted by molar-refractivity contribution is -0.384. The molecule has 1 amide bonds. The molecule has 1 aromatic heterocycles. The second kappa shape index (κ2) is 11.6. The van der Waals surface area contributed by atoms with Crippen LogP contribution in [0, 0.1) is 10.1 Å². The second-order valence-corrected chi connectivity index (χ2v) is 8.13. The van der Waals surface area contributed by atoms with Crippen LogP contribution >= 0.6 is 0 Å². The zero-order valence-electron chi connectivity index (χ0n) is 19.4. The molecule has 0 bridgehead atoms. The highest BCUT2D eigenvalue weighted by Gasteiger charge is 2.17. The molecule has 0 fully saturated rings. The van der Waals surface area contributed by atoms with Gasteiger partial charge < -0.3 is 10.5 Å². The van der Waals surface area contributed by atoms with Gasteiger partial charge in [0.25, 0.3) is 5.69 Å². The van der Waals surface area contributed by atoms with E-state index in [1.54, 1.807) is 23.0 Å². The Balaban J connectivity index is 1.45. The Morgan fingerprint density at radius 2 is 1.67 bits per heavy atom. The molecule has 0 saturated heterocycles. The maximum Gasteiger partial charge on any atom is 0.269 e. The van der Waals surface area contributed by atoms with Gasteiger partial charge in [0, 0.05) is 36.0 Å². The van der Waals surface area contributed by atoms with E-state index in [1.807, 2.05) is 60.7 Å². The highest BCUT2D eigenvalue weighted by molar-refractivity contribution is 6.00. The number of non-ortho nitro benzene ring substituents is 1. The summed E-state index contributed by atoms with van der Waals surface area (Å²) in [5.41, 5.74) is 4.20. The standard InChI is InChI=1S/C27H25N5O4/c33-26(28-17-7-12-25(30-34)20-8-3-1-4-9-20)18-22-19-31(23-10-5-2-6-11-23)29-27(22)21-13-15-24(16-14-21)32(35)36/h1-6,8-11,13-16,19,34H,7,12,17-18H2,(H,28,33)/b30-25-. The molecule has 0 aliphatic heterocycles. The summed E-state index contributed by atoms with van der Waals surface area (Å²) >= 11 is 0. The molecule has 1 heterocycles. The van der Waals surface area contributed by atoms with Crippen LogP contribution in [0.1, 0.15) is 24.0 Å². The van der Waals surface area contributed by atoms with E-state index >= 15 is 0 Å². The molecule has 2 N–H and O–H groups in total. The topological polar surface area (TPSA) is 123 Å². The van der Waals surface area contributed by atoms with E-state index in [2.05, 4.69) is 15.6 Å². The van der Waals surface area contributed by atoms with Gasteiger partial charge >= 0.3 is 0 Å². The molecule has 4 rings (SSSR count). The van der Waals surface area contributed by atoms with E-state index in [0.717, 1.165) is 11.3 Å². The van der Waals surface area contributed by atoms with Crippen molar-refractivity contribution < 1.29 is 14.9 Å². The van der Waals surface area contributed by atoms with E-state index in [4.69, 9.17) is 0 Å². The predicted octanol–water partition coefficient (Wildman–Crippen LogP) is 4.76. The molecule has 0 unspecified atom stereocenters. The number of nitrogens with one attached hydrogen (secondary N) is 1. The van der Waals surface area contributed by atoms with E-state index in [9.17, 15) is 20.1 Å². The summed E-state index contributed by atoms with van der Waals surface area (Å²) in [5, 5.41) is 31.3. The SMILES string of the molecule is O=C(Cc1cn(-c2ccccc2)nc1-c1ccc([N+](=O)[O-])cc1)NCCC/C(=N/O)c1ccccc1. The number of benzene rings is 3. The lowest BCUT2D eigenvalue weighted by atomic mass is 10.0. The third kappa shape index (κ3) is 6.01. The highest BCUT2D eigenvalue weighted by atomic mass is 16.6. The highest BCUT2D eigenvalue weighted by Crippen LogP contribution is 2.26. The van der Waals surface area contributed by atoms with Crippen molar-refractivity contribution in [1.29, 1.82) is 0 Å². The fourth-order valence-corrected chi connectivity index (χ4v) is 3.84. The third-order valence-corrected chi connectivity index (χ3v) is 5.65. The van der Waals surface area contributed by atoms with Gasteiger partial charge in [-0.1, -0.05) is 53.7 Å². The number of aromatic nitrogens is 2. The molecule has 9 heteroatoms. The van der Waals surface area contributed by atoms with Gasteiger partial charge in [-0.05, 0) is 42.7 Å². The fourth-order valence-electron chi connectivity index (χ4n) is 3.84. The monoisotopic (exact) mass is 483 g/mol. The van der Waals surface area contributed by atoms with E-state index in [1.165, 1.54) is 12.1 Å². The predicted molar refractivity (Wildman–Crippen MR) is 136 cm³/mol. The smallest absolute Gasteiger partial charge is 0.269 e. The Bertz CT molecular complexity index is 1350. The van der Waals surface area contributed by atoms with Crippen LogP contribution in [-0.2, 0) is 11.2 Å². The number of amides is 1. The van der Waals surface area contributed by atoms with Gasteiger partial charge in [-0.2, -0.15) is 5.10 Å². The van der Waals surface area contributed by atoms with E-state index < -0.39 is 4.92 Å². The van der Waals surface area contributed by atoms with Crippen molar-refractivity contribution in [3.8, 4) is 16.9 Å². The van der Waals surface area contributed by atoms with Crippen LogP contribution in [0.2, 0.25) is 0 Å². The van der Waals surface area contributed by atoms with Crippen molar-refractivity contribution >= 4 is 17.3 Å². The van der Waals surface area contributed by atoms with Crippen molar-refractivity contribution in [3.63, 3.8) is 0 Å². The largest absolute Gasteiger partial charge is 0.411 e. The summed E-state index contributed by atoms with van der Waals surface area (Å²) in [4.78, 5) is 23.3. The molecule has 182 valence electrons. The van der Waals surface area contributed by atoms with Crippen LogP contribution in [0.4, 0.5) is 5.69 Å². The normalized spacial score (nSPS) is 11.3. The van der Waals surface area contributed by atoms with Crippen molar-refractivity contribution in [1.82, 2.24) is 15.1 Å². The summed E-state index contributed by atoms with van der Waals surface area (Å²) in [6, 6.07) is 25.0. The fraction of sp³-hybridized carbons (Fsp3) is 0.148. The van der Waals surface area contributed by atoms with Crippen LogP contribution in [0.3, 0.4) is 0 Å². The van der Waals surface area contributed by atoms with Crippen molar-refractivity contribution in [2.24, 2.45) is 5.16 Å². The first-order valence-electron chi connectivity index (χ1n) is 11.5. The summed E-state index contributed by atoms with van der Waals surface area (Å²) in [5.74, 6) is -0.173. The minimum absolute atomic E-state index is 0.0122. The molecule has 0 saturated carbocycles. The Hall–Kier alpha value is -4.79. The summed E-state index contributed by atoms with van der Waals surface area (Å²) in [7, 11) is 0. The maximum atomic E-state index is 12.8. The van der Waals surface area contributed by atoms with E-state index in [0.29, 0.717) is 41.9 Å². The molecule has 3 aromatic carbocycles. The summed E-state index contributed by atoms with van der Waals surface area (Å²) in [6.07, 6.45) is 3.02. The van der Waals surface area contributed by atoms with Gasteiger partial charge in [-0.15, -0.1) is 0 Å². The molecule has 4 aromatic rings. The average Bonchev–Trinajstić information content (AvgIpc) is 3.33. The summed E-state index contributed by atoms with van der Waals surface area (Å²) in [6.45, 7) is 0.421. The molecule has 0 aliphatic carbocycles. The lowest BCUT2D eigenvalue weighted by Gasteiger charge is -2.07. The Morgan fingerprint density at radius 3 is 2.31 bits per heavy atom. The zero-order chi connectivity index (χ0) is 25.3. The number of nitro benzene ring substituents is 1. The molecule has 36 heavy (non-hydrogen) atoms. The molecule has 0 spiro atoms. The number of hydrogen-bond acceptors (Lipinski definition) is 6. The van der Waals surface area contributed by atoms with Gasteiger partial charge in [-0.3, -0.25) is 14.9 Å². The lowest BCUT2D eigenvalue weighted by Crippen LogP contribution is -2.26. The van der Waals surface area contributed by atoms with Crippen molar-refractivity contribution in [2.75, 3.05) is 6.54 Å². The zero-order valence-corrected chi connectivity index (χ0v) is 19.4. The minimum Gasteiger partial charge on any atom is -0.411 e.